The van der Waals surface area contributed by atoms with Crippen LogP contribution in [0.3, 0.4) is 0 Å². The number of fused-ring (bicyclic) bond motifs is 1. The summed E-state index contributed by atoms with van der Waals surface area (Å²) in [7, 11) is 0. The zero-order valence-corrected chi connectivity index (χ0v) is 18.7. The fraction of sp³-hybridized carbons (Fsp3) is 0.154. The molecule has 0 fully saturated rings. The van der Waals surface area contributed by atoms with E-state index in [1.54, 1.807) is 0 Å². The van der Waals surface area contributed by atoms with Crippen molar-refractivity contribution in [2.45, 2.75) is 12.5 Å². The lowest BCUT2D eigenvalue weighted by Gasteiger charge is -2.19. The monoisotopic (exact) mass is 460 g/mol. The van der Waals surface area contributed by atoms with Gasteiger partial charge >= 0.3 is 6.03 Å². The lowest BCUT2D eigenvalue weighted by Crippen LogP contribution is -2.42. The first-order valence-electron chi connectivity index (χ1n) is 10.7. The van der Waals surface area contributed by atoms with E-state index < -0.39 is 6.03 Å². The van der Waals surface area contributed by atoms with Crippen LogP contribution in [0.1, 0.15) is 22.6 Å². The molecule has 4 rings (SSSR count). The average Bonchev–Trinajstić information content (AvgIpc) is 3.27. The summed E-state index contributed by atoms with van der Waals surface area (Å²) in [6.07, 6.45) is 1.96. The van der Waals surface area contributed by atoms with Gasteiger partial charge in [-0.05, 0) is 28.8 Å². The van der Waals surface area contributed by atoms with E-state index >= 15 is 0 Å². The lowest BCUT2D eigenvalue weighted by atomic mass is 9.90. The van der Waals surface area contributed by atoms with Crippen molar-refractivity contribution in [2.24, 2.45) is 0 Å². The highest BCUT2D eigenvalue weighted by Gasteiger charge is 2.21. The van der Waals surface area contributed by atoms with Crippen molar-refractivity contribution in [3.8, 4) is 0 Å². The molecular formula is C26H25ClN4O2. The number of carbonyl (C=O) groups excluding carboxylic acids is 2. The van der Waals surface area contributed by atoms with Crippen LogP contribution in [-0.4, -0.2) is 30.0 Å². The molecule has 0 spiro atoms. The Balaban J connectivity index is 1.38. The molecule has 1 heterocycles. The van der Waals surface area contributed by atoms with Gasteiger partial charge in [-0.2, -0.15) is 0 Å². The molecule has 0 radical (unpaired) electrons. The van der Waals surface area contributed by atoms with Gasteiger partial charge in [-0.25, -0.2) is 4.79 Å². The summed E-state index contributed by atoms with van der Waals surface area (Å²) in [5.74, 6) is -0.424. The molecule has 0 aliphatic heterocycles. The van der Waals surface area contributed by atoms with Gasteiger partial charge in [-0.3, -0.25) is 4.79 Å². The SMILES string of the molecule is O=C(CNC(=O)NCc1ccccc1)NC[C@H](c1ccccc1Cl)c1c[nH]c2ccccc12. The molecule has 3 amide bonds. The van der Waals surface area contributed by atoms with Gasteiger partial charge in [0, 0.05) is 41.1 Å². The third-order valence-corrected chi connectivity index (χ3v) is 5.83. The van der Waals surface area contributed by atoms with Crippen LogP contribution in [0.25, 0.3) is 10.9 Å². The first kappa shape index (κ1) is 22.4. The molecule has 0 saturated heterocycles. The quantitative estimate of drug-likeness (QED) is 0.310. The maximum Gasteiger partial charge on any atom is 0.315 e. The second kappa shape index (κ2) is 10.7. The van der Waals surface area contributed by atoms with Crippen molar-refractivity contribution < 1.29 is 9.59 Å². The van der Waals surface area contributed by atoms with Gasteiger partial charge in [0.2, 0.25) is 5.91 Å². The van der Waals surface area contributed by atoms with E-state index in [2.05, 4.69) is 20.9 Å². The average molecular weight is 461 g/mol. The molecule has 4 aromatic rings. The number of benzene rings is 3. The molecule has 3 aromatic carbocycles. The number of hydrogen-bond donors (Lipinski definition) is 4. The smallest absolute Gasteiger partial charge is 0.315 e. The number of aromatic nitrogens is 1. The van der Waals surface area contributed by atoms with Crippen LogP contribution >= 0.6 is 11.6 Å². The Labute approximate surface area is 197 Å². The van der Waals surface area contributed by atoms with Gasteiger partial charge in [-0.1, -0.05) is 78.3 Å². The number of carbonyl (C=O) groups is 2. The Morgan fingerprint density at radius 2 is 1.55 bits per heavy atom. The fourth-order valence-corrected chi connectivity index (χ4v) is 4.07. The Morgan fingerprint density at radius 1 is 0.818 bits per heavy atom. The summed E-state index contributed by atoms with van der Waals surface area (Å²) < 4.78 is 0. The van der Waals surface area contributed by atoms with Crippen LogP contribution in [0.15, 0.2) is 85.1 Å². The summed E-state index contributed by atoms with van der Waals surface area (Å²) in [6, 6.07) is 24.8. The number of nitrogens with one attached hydrogen (secondary N) is 4. The van der Waals surface area contributed by atoms with Crippen molar-refractivity contribution in [2.75, 3.05) is 13.1 Å². The van der Waals surface area contributed by atoms with Gasteiger partial charge in [0.05, 0.1) is 6.54 Å². The van der Waals surface area contributed by atoms with Crippen molar-refractivity contribution in [1.29, 1.82) is 0 Å². The maximum atomic E-state index is 12.5. The topological polar surface area (TPSA) is 86.0 Å². The third kappa shape index (κ3) is 5.73. The second-order valence-electron chi connectivity index (χ2n) is 7.69. The number of urea groups is 1. The molecular weight excluding hydrogens is 436 g/mol. The Morgan fingerprint density at radius 3 is 2.36 bits per heavy atom. The molecule has 1 atom stereocenters. The third-order valence-electron chi connectivity index (χ3n) is 5.49. The van der Waals surface area contributed by atoms with E-state index in [1.165, 1.54) is 0 Å². The molecule has 6 nitrogen and oxygen atoms in total. The van der Waals surface area contributed by atoms with Crippen LogP contribution in [0.4, 0.5) is 4.79 Å². The van der Waals surface area contributed by atoms with Crippen molar-refractivity contribution in [1.82, 2.24) is 20.9 Å². The fourth-order valence-electron chi connectivity index (χ4n) is 3.81. The van der Waals surface area contributed by atoms with E-state index in [1.807, 2.05) is 85.1 Å². The van der Waals surface area contributed by atoms with Crippen LogP contribution in [-0.2, 0) is 11.3 Å². The van der Waals surface area contributed by atoms with E-state index in [0.717, 1.165) is 27.6 Å². The molecule has 0 aliphatic carbocycles. The molecule has 0 unspecified atom stereocenters. The van der Waals surface area contributed by atoms with Crippen LogP contribution in [0, 0.1) is 0 Å². The summed E-state index contributed by atoms with van der Waals surface area (Å²) >= 11 is 6.50. The van der Waals surface area contributed by atoms with Gasteiger partial charge in [-0.15, -0.1) is 0 Å². The summed E-state index contributed by atoms with van der Waals surface area (Å²) in [6.45, 7) is 0.616. The Hall–Kier alpha value is -3.77. The second-order valence-corrected chi connectivity index (χ2v) is 8.10. The summed E-state index contributed by atoms with van der Waals surface area (Å²) in [5, 5.41) is 10.00. The minimum absolute atomic E-state index is 0.121. The standard InChI is InChI=1S/C26H25ClN4O2/c27-23-12-6-4-10-19(23)21(22-15-28-24-13-7-5-11-20(22)24)16-29-25(32)17-31-26(33)30-14-18-8-2-1-3-9-18/h1-13,15,21,28H,14,16-17H2,(H,29,32)(H2,30,31,33)/t21-/m1/s1. The molecule has 168 valence electrons. The van der Waals surface area contributed by atoms with Crippen LogP contribution < -0.4 is 16.0 Å². The largest absolute Gasteiger partial charge is 0.361 e. The van der Waals surface area contributed by atoms with Gasteiger partial charge in [0.1, 0.15) is 0 Å². The van der Waals surface area contributed by atoms with Crippen molar-refractivity contribution in [3.05, 3.63) is 107 Å². The van der Waals surface area contributed by atoms with E-state index in [4.69, 9.17) is 11.6 Å². The van der Waals surface area contributed by atoms with Gasteiger partial charge in [0.25, 0.3) is 0 Å². The highest BCUT2D eigenvalue weighted by Crippen LogP contribution is 2.33. The Bertz CT molecular complexity index is 1240. The molecule has 1 aromatic heterocycles. The summed E-state index contributed by atoms with van der Waals surface area (Å²) in [5.41, 5.74) is 3.98. The molecule has 4 N–H and O–H groups in total. The van der Waals surface area contributed by atoms with Gasteiger partial charge in [0.15, 0.2) is 0 Å². The predicted molar refractivity (Wildman–Crippen MR) is 131 cm³/mol. The first-order chi connectivity index (χ1) is 16.1. The number of halogens is 1. The van der Waals surface area contributed by atoms with E-state index in [9.17, 15) is 9.59 Å². The predicted octanol–water partition coefficient (Wildman–Crippen LogP) is 4.57. The number of hydrogen-bond acceptors (Lipinski definition) is 2. The van der Waals surface area contributed by atoms with Gasteiger partial charge < -0.3 is 20.9 Å². The van der Waals surface area contributed by atoms with Crippen LogP contribution in [0.2, 0.25) is 5.02 Å². The normalized spacial score (nSPS) is 11.7. The molecule has 7 heteroatoms. The maximum absolute atomic E-state index is 12.5. The Kier molecular flexibility index (Phi) is 7.27. The molecule has 0 saturated carbocycles. The highest BCUT2D eigenvalue weighted by molar-refractivity contribution is 6.31. The number of aromatic amines is 1. The van der Waals surface area contributed by atoms with E-state index in [0.29, 0.717) is 18.1 Å². The molecule has 0 bridgehead atoms. The molecule has 0 aliphatic rings. The zero-order chi connectivity index (χ0) is 23.0. The van der Waals surface area contributed by atoms with E-state index in [-0.39, 0.29) is 18.4 Å². The zero-order valence-electron chi connectivity index (χ0n) is 18.0. The number of para-hydroxylation sites is 1. The van der Waals surface area contributed by atoms with Crippen molar-refractivity contribution >= 4 is 34.4 Å². The highest BCUT2D eigenvalue weighted by atomic mass is 35.5. The lowest BCUT2D eigenvalue weighted by molar-refractivity contribution is -0.120. The first-order valence-corrected chi connectivity index (χ1v) is 11.1. The summed E-state index contributed by atoms with van der Waals surface area (Å²) in [4.78, 5) is 27.8. The minimum Gasteiger partial charge on any atom is -0.361 e. The number of H-pyrrole nitrogens is 1. The number of rotatable bonds is 8. The molecule has 33 heavy (non-hydrogen) atoms. The van der Waals surface area contributed by atoms with Crippen molar-refractivity contribution in [3.63, 3.8) is 0 Å². The number of amides is 3. The van der Waals surface area contributed by atoms with Crippen LogP contribution in [0.5, 0.6) is 0 Å². The minimum atomic E-state index is -0.395.